The highest BCUT2D eigenvalue weighted by atomic mass is 35.5. The van der Waals surface area contributed by atoms with Gasteiger partial charge in [0, 0.05) is 17.6 Å². The molecule has 2 aromatic rings. The summed E-state index contributed by atoms with van der Waals surface area (Å²) in [6.07, 6.45) is -1.40. The van der Waals surface area contributed by atoms with Crippen LogP contribution in [0.1, 0.15) is 23.9 Å². The Morgan fingerprint density at radius 1 is 1.40 bits per heavy atom. The molecule has 134 valence electrons. The van der Waals surface area contributed by atoms with E-state index in [2.05, 4.69) is 10.4 Å². The van der Waals surface area contributed by atoms with Crippen molar-refractivity contribution in [2.24, 2.45) is 7.05 Å². The summed E-state index contributed by atoms with van der Waals surface area (Å²) in [6, 6.07) is 4.14. The molecule has 0 aliphatic rings. The fourth-order valence-corrected chi connectivity index (χ4v) is 2.55. The summed E-state index contributed by atoms with van der Waals surface area (Å²) in [5.41, 5.74) is 2.06. The van der Waals surface area contributed by atoms with Crippen LogP contribution in [-0.2, 0) is 27.8 Å². The number of nitrogens with zero attached hydrogens (tertiary/aromatic N) is 2. The van der Waals surface area contributed by atoms with Gasteiger partial charge in [-0.1, -0.05) is 17.7 Å². The number of anilines is 1. The second-order valence-corrected chi connectivity index (χ2v) is 6.07. The molecule has 0 fully saturated rings. The average Bonchev–Trinajstić information content (AvgIpc) is 2.77. The summed E-state index contributed by atoms with van der Waals surface area (Å²) < 4.78 is 20.4. The minimum atomic E-state index is -1.04. The third kappa shape index (κ3) is 4.36. The summed E-state index contributed by atoms with van der Waals surface area (Å²) in [7, 11) is 1.76. The van der Waals surface area contributed by atoms with E-state index >= 15 is 0 Å². The number of aromatic nitrogens is 2. The minimum Gasteiger partial charge on any atom is -0.452 e. The zero-order chi connectivity index (χ0) is 18.7. The van der Waals surface area contributed by atoms with E-state index in [1.165, 1.54) is 25.1 Å². The summed E-state index contributed by atoms with van der Waals surface area (Å²) >= 11 is 5.88. The lowest BCUT2D eigenvalue weighted by atomic mass is 10.1. The van der Waals surface area contributed by atoms with Crippen molar-refractivity contribution in [3.8, 4) is 0 Å². The zero-order valence-corrected chi connectivity index (χ0v) is 15.1. The number of ether oxygens (including phenoxy) is 1. The molecule has 6 nitrogen and oxygen atoms in total. The number of nitrogens with one attached hydrogen (secondary N) is 1. The van der Waals surface area contributed by atoms with Gasteiger partial charge in [-0.2, -0.15) is 5.10 Å². The number of hydrogen-bond acceptors (Lipinski definition) is 4. The number of esters is 1. The molecule has 2 rings (SSSR count). The SMILES string of the molecule is Cc1nn(C)c(C)c1NC(=O)[C@@H](C)OC(=O)Cc1c(F)cccc1Cl. The Morgan fingerprint density at radius 2 is 2.08 bits per heavy atom. The molecule has 1 amide bonds. The van der Waals surface area contributed by atoms with Crippen molar-refractivity contribution in [3.63, 3.8) is 0 Å². The van der Waals surface area contributed by atoms with Crippen LogP contribution >= 0.6 is 11.6 Å². The number of benzene rings is 1. The van der Waals surface area contributed by atoms with Gasteiger partial charge in [0.05, 0.1) is 23.5 Å². The molecule has 1 aromatic heterocycles. The van der Waals surface area contributed by atoms with Crippen LogP contribution in [0.25, 0.3) is 0 Å². The van der Waals surface area contributed by atoms with E-state index in [9.17, 15) is 14.0 Å². The van der Waals surface area contributed by atoms with Gasteiger partial charge in [-0.05, 0) is 32.9 Å². The van der Waals surface area contributed by atoms with Crippen LogP contribution in [0.5, 0.6) is 0 Å². The predicted octanol–water partition coefficient (Wildman–Crippen LogP) is 2.94. The molecule has 25 heavy (non-hydrogen) atoms. The molecule has 1 atom stereocenters. The van der Waals surface area contributed by atoms with E-state index in [4.69, 9.17) is 16.3 Å². The maximum absolute atomic E-state index is 13.7. The quantitative estimate of drug-likeness (QED) is 0.824. The van der Waals surface area contributed by atoms with Gasteiger partial charge < -0.3 is 10.1 Å². The van der Waals surface area contributed by atoms with Gasteiger partial charge in [0.1, 0.15) is 5.82 Å². The van der Waals surface area contributed by atoms with Crippen molar-refractivity contribution >= 4 is 29.2 Å². The zero-order valence-electron chi connectivity index (χ0n) is 14.4. The molecule has 8 heteroatoms. The molecular formula is C17H19ClFN3O3. The highest BCUT2D eigenvalue weighted by molar-refractivity contribution is 6.31. The third-order valence-corrected chi connectivity index (χ3v) is 4.17. The van der Waals surface area contributed by atoms with E-state index in [-0.39, 0.29) is 17.0 Å². The lowest BCUT2D eigenvalue weighted by molar-refractivity contribution is -0.152. The summed E-state index contributed by atoms with van der Waals surface area (Å²) in [6.45, 7) is 5.02. The molecular weight excluding hydrogens is 349 g/mol. The lowest BCUT2D eigenvalue weighted by Gasteiger charge is -2.14. The van der Waals surface area contributed by atoms with Crippen molar-refractivity contribution in [2.45, 2.75) is 33.3 Å². The standard InChI is InChI=1S/C17H19ClFN3O3/c1-9-16(10(2)22(4)21-9)20-17(24)11(3)25-15(23)8-12-13(18)6-5-7-14(12)19/h5-7,11H,8H2,1-4H3,(H,20,24)/t11-/m1/s1. The molecule has 1 N–H and O–H groups in total. The molecule has 0 saturated carbocycles. The Labute approximate surface area is 149 Å². The summed E-state index contributed by atoms with van der Waals surface area (Å²) in [5.74, 6) is -1.83. The van der Waals surface area contributed by atoms with E-state index in [0.29, 0.717) is 11.4 Å². The molecule has 0 saturated heterocycles. The first-order valence-electron chi connectivity index (χ1n) is 7.64. The van der Waals surface area contributed by atoms with Crippen LogP contribution < -0.4 is 5.32 Å². The molecule has 0 radical (unpaired) electrons. The number of amides is 1. The fourth-order valence-electron chi connectivity index (χ4n) is 2.32. The van der Waals surface area contributed by atoms with Gasteiger partial charge in [-0.3, -0.25) is 14.3 Å². The predicted molar refractivity (Wildman–Crippen MR) is 92.0 cm³/mol. The van der Waals surface area contributed by atoms with Crippen molar-refractivity contribution in [1.29, 1.82) is 0 Å². The number of carbonyl (C=O) groups is 2. The fraction of sp³-hybridized carbons (Fsp3) is 0.353. The highest BCUT2D eigenvalue weighted by Crippen LogP contribution is 2.21. The van der Waals surface area contributed by atoms with Crippen molar-refractivity contribution in [2.75, 3.05) is 5.32 Å². The summed E-state index contributed by atoms with van der Waals surface area (Å²) in [4.78, 5) is 24.2. The maximum Gasteiger partial charge on any atom is 0.311 e. The van der Waals surface area contributed by atoms with Gasteiger partial charge in [0.15, 0.2) is 6.10 Å². The number of aryl methyl sites for hydroxylation is 2. The van der Waals surface area contributed by atoms with Crippen LogP contribution in [0.15, 0.2) is 18.2 Å². The van der Waals surface area contributed by atoms with Gasteiger partial charge >= 0.3 is 5.97 Å². The van der Waals surface area contributed by atoms with Gasteiger partial charge in [-0.15, -0.1) is 0 Å². The normalized spacial score (nSPS) is 11.9. The number of hydrogen-bond donors (Lipinski definition) is 1. The number of rotatable bonds is 5. The smallest absolute Gasteiger partial charge is 0.311 e. The van der Waals surface area contributed by atoms with Crippen LogP contribution in [0.4, 0.5) is 10.1 Å². The van der Waals surface area contributed by atoms with Gasteiger partial charge in [0.2, 0.25) is 0 Å². The first-order chi connectivity index (χ1) is 11.7. The van der Waals surface area contributed by atoms with E-state index < -0.39 is 23.8 Å². The molecule has 1 aromatic carbocycles. The van der Waals surface area contributed by atoms with E-state index in [1.807, 2.05) is 6.92 Å². The van der Waals surface area contributed by atoms with Gasteiger partial charge in [-0.25, -0.2) is 4.39 Å². The van der Waals surface area contributed by atoms with Crippen molar-refractivity contribution < 1.29 is 18.7 Å². The Hall–Kier alpha value is -2.41. The van der Waals surface area contributed by atoms with Crippen LogP contribution in [-0.4, -0.2) is 27.8 Å². The Morgan fingerprint density at radius 3 is 2.64 bits per heavy atom. The third-order valence-electron chi connectivity index (χ3n) is 3.82. The Bertz CT molecular complexity index is 799. The van der Waals surface area contributed by atoms with Crippen LogP contribution in [0.2, 0.25) is 5.02 Å². The van der Waals surface area contributed by atoms with Crippen LogP contribution in [0, 0.1) is 19.7 Å². The van der Waals surface area contributed by atoms with Crippen molar-refractivity contribution in [1.82, 2.24) is 9.78 Å². The van der Waals surface area contributed by atoms with E-state index in [1.54, 1.807) is 18.7 Å². The molecule has 0 bridgehead atoms. The monoisotopic (exact) mass is 367 g/mol. The van der Waals surface area contributed by atoms with Crippen molar-refractivity contribution in [3.05, 3.63) is 46.0 Å². The first kappa shape index (κ1) is 18.9. The second-order valence-electron chi connectivity index (χ2n) is 5.67. The highest BCUT2D eigenvalue weighted by Gasteiger charge is 2.22. The molecule has 0 unspecified atom stereocenters. The van der Waals surface area contributed by atoms with Gasteiger partial charge in [0.25, 0.3) is 5.91 Å². The molecule has 0 aliphatic carbocycles. The largest absolute Gasteiger partial charge is 0.452 e. The van der Waals surface area contributed by atoms with Crippen LogP contribution in [0.3, 0.4) is 0 Å². The summed E-state index contributed by atoms with van der Waals surface area (Å²) in [5, 5.41) is 7.02. The number of carbonyl (C=O) groups excluding carboxylic acids is 2. The Balaban J connectivity index is 2.00. The average molecular weight is 368 g/mol. The maximum atomic E-state index is 13.7. The molecule has 1 heterocycles. The molecule has 0 aliphatic heterocycles. The topological polar surface area (TPSA) is 73.2 Å². The molecule has 0 spiro atoms. The lowest BCUT2D eigenvalue weighted by Crippen LogP contribution is -2.31. The van der Waals surface area contributed by atoms with E-state index in [0.717, 1.165) is 5.69 Å². The second kappa shape index (κ2) is 7.65. The Kier molecular flexibility index (Phi) is 5.79. The first-order valence-corrected chi connectivity index (χ1v) is 8.02. The number of halogens is 2. The minimum absolute atomic E-state index is 0.0423.